The van der Waals surface area contributed by atoms with Gasteiger partial charge in [0.05, 0.1) is 6.33 Å². The number of aryl methyl sites for hydroxylation is 1. The Morgan fingerprint density at radius 3 is 2.89 bits per heavy atom. The lowest BCUT2D eigenvalue weighted by Crippen LogP contribution is -2.38. The van der Waals surface area contributed by atoms with Gasteiger partial charge in [0, 0.05) is 44.3 Å². The topological polar surface area (TPSA) is 54.2 Å². The number of rotatable bonds is 8. The smallest absolute Gasteiger partial charge is 0.191 e. The summed E-state index contributed by atoms with van der Waals surface area (Å²) >= 11 is 1.83. The summed E-state index contributed by atoms with van der Waals surface area (Å²) in [7, 11) is 0. The van der Waals surface area contributed by atoms with E-state index in [1.54, 1.807) is 6.20 Å². The predicted octanol–water partition coefficient (Wildman–Crippen LogP) is 1.81. The van der Waals surface area contributed by atoms with Gasteiger partial charge < -0.3 is 15.2 Å². The Labute approximate surface area is 137 Å². The second-order valence-corrected chi connectivity index (χ2v) is 4.82. The Kier molecular flexibility index (Phi) is 12.3. The molecule has 0 spiro atoms. The average molecular weight is 397 g/mol. The Hall–Kier alpha value is -0.440. The standard InChI is InChI=1S/C12H23N5S.HI/c1-3-14-12(16-7-10-18-2)15-5-4-8-17-9-6-13-11-17;/h6,9,11H,3-5,7-8,10H2,1-2H3,(H2,14,15,16);1H. The molecule has 0 aliphatic rings. The molecule has 1 rings (SSSR count). The van der Waals surface area contributed by atoms with Gasteiger partial charge in [0.25, 0.3) is 0 Å². The number of nitrogens with zero attached hydrogens (tertiary/aromatic N) is 3. The second kappa shape index (κ2) is 12.6. The van der Waals surface area contributed by atoms with E-state index in [9.17, 15) is 0 Å². The van der Waals surface area contributed by atoms with Crippen LogP contribution in [0.25, 0.3) is 0 Å². The van der Waals surface area contributed by atoms with Crippen LogP contribution in [0.1, 0.15) is 13.3 Å². The number of imidazole rings is 1. The van der Waals surface area contributed by atoms with Gasteiger partial charge >= 0.3 is 0 Å². The molecule has 0 saturated heterocycles. The zero-order chi connectivity index (χ0) is 13.1. The number of guanidine groups is 1. The van der Waals surface area contributed by atoms with Crippen molar-refractivity contribution in [3.05, 3.63) is 18.7 Å². The van der Waals surface area contributed by atoms with Gasteiger partial charge in [0.1, 0.15) is 0 Å². The molecular formula is C12H24IN5S. The third-order valence-electron chi connectivity index (χ3n) is 2.35. The normalized spacial score (nSPS) is 10.9. The molecule has 0 aliphatic carbocycles. The van der Waals surface area contributed by atoms with E-state index in [0.717, 1.165) is 44.3 Å². The molecule has 1 aromatic rings. The van der Waals surface area contributed by atoms with E-state index in [0.29, 0.717) is 0 Å². The van der Waals surface area contributed by atoms with Crippen LogP contribution in [0.2, 0.25) is 0 Å². The van der Waals surface area contributed by atoms with Crippen molar-refractivity contribution in [2.45, 2.75) is 19.9 Å². The molecule has 1 aromatic heterocycles. The molecule has 0 saturated carbocycles. The van der Waals surface area contributed by atoms with Crippen LogP contribution < -0.4 is 10.6 Å². The van der Waals surface area contributed by atoms with E-state index < -0.39 is 0 Å². The second-order valence-electron chi connectivity index (χ2n) is 3.83. The monoisotopic (exact) mass is 397 g/mol. The minimum atomic E-state index is 0. The van der Waals surface area contributed by atoms with Crippen molar-refractivity contribution in [3.63, 3.8) is 0 Å². The van der Waals surface area contributed by atoms with Gasteiger partial charge in [-0.25, -0.2) is 4.98 Å². The van der Waals surface area contributed by atoms with Gasteiger partial charge in [-0.15, -0.1) is 24.0 Å². The Morgan fingerprint density at radius 1 is 1.42 bits per heavy atom. The Morgan fingerprint density at radius 2 is 2.26 bits per heavy atom. The molecule has 2 N–H and O–H groups in total. The van der Waals surface area contributed by atoms with E-state index in [-0.39, 0.29) is 24.0 Å². The zero-order valence-corrected chi connectivity index (χ0v) is 14.8. The molecular weight excluding hydrogens is 373 g/mol. The van der Waals surface area contributed by atoms with Crippen LogP contribution in [0.4, 0.5) is 0 Å². The van der Waals surface area contributed by atoms with Crippen LogP contribution in [-0.2, 0) is 6.54 Å². The maximum Gasteiger partial charge on any atom is 0.191 e. The van der Waals surface area contributed by atoms with Crippen LogP contribution in [0.3, 0.4) is 0 Å². The fraction of sp³-hybridized carbons (Fsp3) is 0.667. The van der Waals surface area contributed by atoms with Crippen molar-refractivity contribution < 1.29 is 0 Å². The summed E-state index contributed by atoms with van der Waals surface area (Å²) in [5.41, 5.74) is 0. The minimum Gasteiger partial charge on any atom is -0.357 e. The van der Waals surface area contributed by atoms with Gasteiger partial charge in [-0.2, -0.15) is 11.8 Å². The van der Waals surface area contributed by atoms with Crippen molar-refractivity contribution >= 4 is 41.7 Å². The predicted molar refractivity (Wildman–Crippen MR) is 94.6 cm³/mol. The molecule has 0 aromatic carbocycles. The maximum absolute atomic E-state index is 4.54. The lowest BCUT2D eigenvalue weighted by molar-refractivity contribution is 0.647. The van der Waals surface area contributed by atoms with E-state index >= 15 is 0 Å². The van der Waals surface area contributed by atoms with Crippen molar-refractivity contribution in [3.8, 4) is 0 Å². The van der Waals surface area contributed by atoms with Crippen LogP contribution in [-0.4, -0.2) is 47.2 Å². The van der Waals surface area contributed by atoms with E-state index in [2.05, 4.69) is 38.4 Å². The first-order valence-corrected chi connectivity index (χ1v) is 7.73. The van der Waals surface area contributed by atoms with Gasteiger partial charge in [-0.1, -0.05) is 0 Å². The van der Waals surface area contributed by atoms with Gasteiger partial charge in [-0.05, 0) is 19.6 Å². The van der Waals surface area contributed by atoms with Gasteiger partial charge in [-0.3, -0.25) is 4.99 Å². The summed E-state index contributed by atoms with van der Waals surface area (Å²) in [5.74, 6) is 2.01. The first-order valence-electron chi connectivity index (χ1n) is 6.33. The molecule has 0 bridgehead atoms. The van der Waals surface area contributed by atoms with E-state index in [1.165, 1.54) is 0 Å². The van der Waals surface area contributed by atoms with Crippen LogP contribution in [0.5, 0.6) is 0 Å². The van der Waals surface area contributed by atoms with E-state index in [4.69, 9.17) is 0 Å². The fourth-order valence-electron chi connectivity index (χ4n) is 1.48. The third-order valence-corrected chi connectivity index (χ3v) is 2.96. The molecule has 0 radical (unpaired) electrons. The quantitative estimate of drug-likeness (QED) is 0.304. The Bertz CT molecular complexity index is 329. The number of aromatic nitrogens is 2. The highest BCUT2D eigenvalue weighted by atomic mass is 127. The molecule has 1 heterocycles. The van der Waals surface area contributed by atoms with Gasteiger partial charge in [0.15, 0.2) is 5.96 Å². The first kappa shape index (κ1) is 18.6. The molecule has 5 nitrogen and oxygen atoms in total. The highest BCUT2D eigenvalue weighted by molar-refractivity contribution is 14.0. The van der Waals surface area contributed by atoms with Gasteiger partial charge in [0.2, 0.25) is 0 Å². The molecule has 7 heteroatoms. The fourth-order valence-corrected chi connectivity index (χ4v) is 1.78. The molecule has 0 amide bonds. The highest BCUT2D eigenvalue weighted by Crippen LogP contribution is 1.91. The molecule has 19 heavy (non-hydrogen) atoms. The number of aliphatic imine (C=N–C) groups is 1. The molecule has 110 valence electrons. The number of halogens is 1. The van der Waals surface area contributed by atoms with Crippen molar-refractivity contribution in [2.75, 3.05) is 31.6 Å². The third kappa shape index (κ3) is 9.15. The highest BCUT2D eigenvalue weighted by Gasteiger charge is 1.95. The van der Waals surface area contributed by atoms with Crippen LogP contribution in [0, 0.1) is 0 Å². The number of hydrogen-bond donors (Lipinski definition) is 2. The summed E-state index contributed by atoms with van der Waals surface area (Å²) in [4.78, 5) is 8.55. The number of nitrogens with one attached hydrogen (secondary N) is 2. The average Bonchev–Trinajstić information content (AvgIpc) is 2.88. The molecule has 0 unspecified atom stereocenters. The summed E-state index contributed by atoms with van der Waals surface area (Å²) in [6, 6.07) is 0. The molecule has 0 fully saturated rings. The largest absolute Gasteiger partial charge is 0.357 e. The van der Waals surface area contributed by atoms with Crippen molar-refractivity contribution in [1.82, 2.24) is 20.2 Å². The van der Waals surface area contributed by atoms with Crippen LogP contribution in [0.15, 0.2) is 23.7 Å². The number of thioether (sulfide) groups is 1. The molecule has 0 atom stereocenters. The summed E-state index contributed by atoms with van der Waals surface area (Å²) in [6.07, 6.45) is 8.75. The Balaban J connectivity index is 0.00000324. The summed E-state index contributed by atoms with van der Waals surface area (Å²) in [5, 5.41) is 6.56. The van der Waals surface area contributed by atoms with Crippen molar-refractivity contribution in [1.29, 1.82) is 0 Å². The molecule has 0 aliphatic heterocycles. The zero-order valence-electron chi connectivity index (χ0n) is 11.6. The van der Waals surface area contributed by atoms with Crippen LogP contribution >= 0.6 is 35.7 Å². The first-order chi connectivity index (χ1) is 8.86. The van der Waals surface area contributed by atoms with E-state index in [1.807, 2.05) is 24.3 Å². The summed E-state index contributed by atoms with van der Waals surface area (Å²) in [6.45, 7) is 5.72. The lowest BCUT2D eigenvalue weighted by atomic mass is 10.4. The lowest BCUT2D eigenvalue weighted by Gasteiger charge is -2.10. The SMILES string of the molecule is CCNC(=NCCCn1ccnc1)NCCSC.I. The minimum absolute atomic E-state index is 0. The number of hydrogen-bond acceptors (Lipinski definition) is 3. The maximum atomic E-state index is 4.54. The summed E-state index contributed by atoms with van der Waals surface area (Å²) < 4.78 is 2.07. The van der Waals surface area contributed by atoms with Crippen molar-refractivity contribution in [2.24, 2.45) is 4.99 Å².